The first-order valence-corrected chi connectivity index (χ1v) is 7.89. The predicted octanol–water partition coefficient (Wildman–Crippen LogP) is 4.05. The summed E-state index contributed by atoms with van der Waals surface area (Å²) in [6.45, 7) is 8.60. The van der Waals surface area contributed by atoms with E-state index in [0.717, 1.165) is 31.2 Å². The van der Waals surface area contributed by atoms with Crippen LogP contribution in [-0.4, -0.2) is 18.6 Å². The Balaban J connectivity index is 2.44. The number of anilines is 1. The van der Waals surface area contributed by atoms with Gasteiger partial charge < -0.3 is 10.1 Å². The fraction of sp³-hybridized carbons (Fsp3) is 0.611. The molecule has 2 rings (SSSR count). The molecule has 1 unspecified atom stereocenters. The van der Waals surface area contributed by atoms with Crippen LogP contribution < -0.4 is 5.32 Å². The monoisotopic (exact) mass is 289 g/mol. The molecule has 0 saturated carbocycles. The van der Waals surface area contributed by atoms with Crippen LogP contribution in [0, 0.1) is 0 Å². The molecule has 21 heavy (non-hydrogen) atoms. The zero-order valence-corrected chi connectivity index (χ0v) is 13.9. The highest BCUT2D eigenvalue weighted by molar-refractivity contribution is 5.78. The molecule has 1 atom stereocenters. The third-order valence-electron chi connectivity index (χ3n) is 4.38. The first-order chi connectivity index (χ1) is 9.88. The smallest absolute Gasteiger partial charge is 0.312 e. The molecule has 0 saturated heterocycles. The van der Waals surface area contributed by atoms with Crippen LogP contribution in [0.15, 0.2) is 12.1 Å². The molecular formula is C18H27NO2. The van der Waals surface area contributed by atoms with Gasteiger partial charge in [0.25, 0.3) is 0 Å². The quantitative estimate of drug-likeness (QED) is 0.850. The van der Waals surface area contributed by atoms with Gasteiger partial charge in [-0.1, -0.05) is 25.5 Å². The summed E-state index contributed by atoms with van der Waals surface area (Å²) in [4.78, 5) is 11.8. The van der Waals surface area contributed by atoms with Crippen LogP contribution in [0.1, 0.15) is 63.1 Å². The summed E-state index contributed by atoms with van der Waals surface area (Å²) in [7, 11) is 1.45. The fourth-order valence-electron chi connectivity index (χ4n) is 3.03. The SMILES string of the molecule is CCCc1cc(C(C)C(=O)OC)cc2c1NC(C)(C)CC2. The average Bonchev–Trinajstić information content (AvgIpc) is 2.45. The Hall–Kier alpha value is -1.51. The van der Waals surface area contributed by atoms with Crippen molar-refractivity contribution in [2.45, 2.75) is 64.8 Å². The van der Waals surface area contributed by atoms with Crippen LogP contribution in [0.3, 0.4) is 0 Å². The van der Waals surface area contributed by atoms with E-state index in [1.54, 1.807) is 0 Å². The topological polar surface area (TPSA) is 38.3 Å². The van der Waals surface area contributed by atoms with Crippen molar-refractivity contribution in [3.05, 3.63) is 28.8 Å². The minimum absolute atomic E-state index is 0.144. The van der Waals surface area contributed by atoms with Crippen molar-refractivity contribution >= 4 is 11.7 Å². The van der Waals surface area contributed by atoms with Gasteiger partial charge in [0, 0.05) is 11.2 Å². The van der Waals surface area contributed by atoms with Crippen LogP contribution in [0.25, 0.3) is 0 Å². The second-order valence-corrected chi connectivity index (χ2v) is 6.72. The lowest BCUT2D eigenvalue weighted by molar-refractivity contribution is -0.141. The Labute approximate surface area is 128 Å². The van der Waals surface area contributed by atoms with Gasteiger partial charge in [0.05, 0.1) is 13.0 Å². The minimum atomic E-state index is -0.203. The van der Waals surface area contributed by atoms with Crippen molar-refractivity contribution in [2.75, 3.05) is 12.4 Å². The van der Waals surface area contributed by atoms with Crippen molar-refractivity contribution in [1.29, 1.82) is 0 Å². The summed E-state index contributed by atoms with van der Waals surface area (Å²) in [5, 5.41) is 3.68. The first kappa shape index (κ1) is 15.9. The maximum Gasteiger partial charge on any atom is 0.312 e. The number of nitrogens with one attached hydrogen (secondary N) is 1. The molecule has 0 spiro atoms. The zero-order valence-electron chi connectivity index (χ0n) is 13.9. The Morgan fingerprint density at radius 1 is 1.43 bits per heavy atom. The van der Waals surface area contributed by atoms with Gasteiger partial charge in [-0.15, -0.1) is 0 Å². The molecule has 116 valence electrons. The fourth-order valence-corrected chi connectivity index (χ4v) is 3.03. The lowest BCUT2D eigenvalue weighted by Crippen LogP contribution is -2.36. The van der Waals surface area contributed by atoms with Gasteiger partial charge in [0.1, 0.15) is 0 Å². The highest BCUT2D eigenvalue weighted by Gasteiger charge is 2.27. The summed E-state index contributed by atoms with van der Waals surface area (Å²) in [6, 6.07) is 4.36. The highest BCUT2D eigenvalue weighted by atomic mass is 16.5. The van der Waals surface area contributed by atoms with Crippen LogP contribution in [0.2, 0.25) is 0 Å². The number of esters is 1. The van der Waals surface area contributed by atoms with Crippen LogP contribution in [0.4, 0.5) is 5.69 Å². The molecule has 0 aromatic heterocycles. The van der Waals surface area contributed by atoms with Gasteiger partial charge in [-0.2, -0.15) is 0 Å². The number of hydrogen-bond acceptors (Lipinski definition) is 3. The first-order valence-electron chi connectivity index (χ1n) is 7.89. The zero-order chi connectivity index (χ0) is 15.6. The molecule has 1 aliphatic heterocycles. The molecule has 0 bridgehead atoms. The largest absolute Gasteiger partial charge is 0.469 e. The van der Waals surface area contributed by atoms with Crippen molar-refractivity contribution < 1.29 is 9.53 Å². The summed E-state index contributed by atoms with van der Waals surface area (Å²) in [5.74, 6) is -0.368. The number of rotatable bonds is 4. The van der Waals surface area contributed by atoms with Crippen LogP contribution >= 0.6 is 0 Å². The molecule has 1 aromatic rings. The molecule has 0 radical (unpaired) electrons. The molecule has 1 N–H and O–H groups in total. The van der Waals surface area contributed by atoms with E-state index < -0.39 is 0 Å². The van der Waals surface area contributed by atoms with E-state index in [9.17, 15) is 4.79 Å². The minimum Gasteiger partial charge on any atom is -0.469 e. The molecule has 1 aromatic carbocycles. The molecule has 3 nitrogen and oxygen atoms in total. The molecule has 1 aliphatic rings. The number of aryl methyl sites for hydroxylation is 2. The summed E-state index contributed by atoms with van der Waals surface area (Å²) in [5.41, 5.74) is 5.17. The van der Waals surface area contributed by atoms with Gasteiger partial charge in [-0.3, -0.25) is 4.79 Å². The second-order valence-electron chi connectivity index (χ2n) is 6.72. The van der Waals surface area contributed by atoms with E-state index in [-0.39, 0.29) is 17.4 Å². The van der Waals surface area contributed by atoms with Gasteiger partial charge in [-0.05, 0) is 56.7 Å². The normalized spacial score (nSPS) is 17.6. The maximum absolute atomic E-state index is 11.8. The molecule has 1 heterocycles. The third-order valence-corrected chi connectivity index (χ3v) is 4.38. The lowest BCUT2D eigenvalue weighted by Gasteiger charge is -2.36. The maximum atomic E-state index is 11.8. The Morgan fingerprint density at radius 3 is 2.76 bits per heavy atom. The van der Waals surface area contributed by atoms with Crippen molar-refractivity contribution in [3.8, 4) is 0 Å². The Bertz CT molecular complexity index is 534. The van der Waals surface area contributed by atoms with Crippen LogP contribution in [-0.2, 0) is 22.4 Å². The number of benzene rings is 1. The summed E-state index contributed by atoms with van der Waals surface area (Å²) < 4.78 is 4.89. The number of fused-ring (bicyclic) bond motifs is 1. The molecule has 0 amide bonds. The summed E-state index contributed by atoms with van der Waals surface area (Å²) >= 11 is 0. The lowest BCUT2D eigenvalue weighted by atomic mass is 9.84. The van der Waals surface area contributed by atoms with Gasteiger partial charge >= 0.3 is 5.97 Å². The van der Waals surface area contributed by atoms with Crippen LogP contribution in [0.5, 0.6) is 0 Å². The Morgan fingerprint density at radius 2 is 2.14 bits per heavy atom. The van der Waals surface area contributed by atoms with E-state index in [1.165, 1.54) is 23.9 Å². The molecular weight excluding hydrogens is 262 g/mol. The molecule has 3 heteroatoms. The number of hydrogen-bond donors (Lipinski definition) is 1. The van der Waals surface area contributed by atoms with E-state index >= 15 is 0 Å². The average molecular weight is 289 g/mol. The van der Waals surface area contributed by atoms with Crippen molar-refractivity contribution in [1.82, 2.24) is 0 Å². The summed E-state index contributed by atoms with van der Waals surface area (Å²) in [6.07, 6.45) is 4.31. The number of methoxy groups -OCH3 is 1. The van der Waals surface area contributed by atoms with E-state index in [1.807, 2.05) is 6.92 Å². The molecule has 0 fully saturated rings. The van der Waals surface area contributed by atoms with Gasteiger partial charge in [-0.25, -0.2) is 0 Å². The number of ether oxygens (including phenoxy) is 1. The van der Waals surface area contributed by atoms with E-state index in [4.69, 9.17) is 4.74 Å². The second kappa shape index (κ2) is 6.08. The molecule has 0 aliphatic carbocycles. The standard InChI is InChI=1S/C18H27NO2/c1-6-7-13-10-15(12(2)17(20)21-5)11-14-8-9-18(3,4)19-16(13)14/h10-12,19H,6-9H2,1-5H3. The predicted molar refractivity (Wildman–Crippen MR) is 86.9 cm³/mol. The van der Waals surface area contributed by atoms with E-state index in [2.05, 4.69) is 38.2 Å². The third kappa shape index (κ3) is 3.39. The highest BCUT2D eigenvalue weighted by Crippen LogP contribution is 2.36. The van der Waals surface area contributed by atoms with Crippen molar-refractivity contribution in [3.63, 3.8) is 0 Å². The Kier molecular flexibility index (Phi) is 4.60. The number of carbonyl (C=O) groups excluding carboxylic acids is 1. The van der Waals surface area contributed by atoms with E-state index in [0.29, 0.717) is 0 Å². The van der Waals surface area contributed by atoms with Gasteiger partial charge in [0.15, 0.2) is 0 Å². The number of carbonyl (C=O) groups is 1. The van der Waals surface area contributed by atoms with Gasteiger partial charge in [0.2, 0.25) is 0 Å². The van der Waals surface area contributed by atoms with Crippen molar-refractivity contribution in [2.24, 2.45) is 0 Å².